The molecule has 0 aliphatic carbocycles. The number of aliphatic carboxylic acids is 1. The van der Waals surface area contributed by atoms with E-state index in [0.717, 1.165) is 24.8 Å². The molecule has 1 aromatic carbocycles. The van der Waals surface area contributed by atoms with Crippen molar-refractivity contribution in [3.8, 4) is 0 Å². The Bertz CT molecular complexity index is 634. The number of rotatable bonds is 9. The SMILES string of the molecule is O=C(O)CCCC(=O)NCCCCc1c[nH]c2ccccc12. The quantitative estimate of drug-likeness (QED) is 0.623. The summed E-state index contributed by atoms with van der Waals surface area (Å²) in [6, 6.07) is 8.24. The molecule has 1 heterocycles. The number of aromatic nitrogens is 1. The molecule has 0 radical (unpaired) electrons. The summed E-state index contributed by atoms with van der Waals surface area (Å²) >= 11 is 0. The smallest absolute Gasteiger partial charge is 0.303 e. The number of carboxylic acids is 1. The van der Waals surface area contributed by atoms with Gasteiger partial charge in [-0.05, 0) is 37.3 Å². The molecule has 5 nitrogen and oxygen atoms in total. The van der Waals surface area contributed by atoms with E-state index < -0.39 is 5.97 Å². The molecule has 1 aromatic heterocycles. The predicted molar refractivity (Wildman–Crippen MR) is 85.7 cm³/mol. The van der Waals surface area contributed by atoms with Crippen LogP contribution in [0, 0.1) is 0 Å². The van der Waals surface area contributed by atoms with Gasteiger partial charge in [0.05, 0.1) is 0 Å². The molecule has 118 valence electrons. The van der Waals surface area contributed by atoms with Gasteiger partial charge in [-0.1, -0.05) is 18.2 Å². The van der Waals surface area contributed by atoms with Crippen LogP contribution in [-0.2, 0) is 16.0 Å². The second-order valence-electron chi connectivity index (χ2n) is 5.41. The fourth-order valence-electron chi connectivity index (χ4n) is 2.50. The topological polar surface area (TPSA) is 82.2 Å². The molecule has 0 bridgehead atoms. The molecular formula is C17H22N2O3. The highest BCUT2D eigenvalue weighted by Gasteiger charge is 2.04. The van der Waals surface area contributed by atoms with E-state index in [9.17, 15) is 9.59 Å². The summed E-state index contributed by atoms with van der Waals surface area (Å²) in [7, 11) is 0. The van der Waals surface area contributed by atoms with Gasteiger partial charge in [0.25, 0.3) is 0 Å². The summed E-state index contributed by atoms with van der Waals surface area (Å²) in [6.07, 6.45) is 5.70. The standard InChI is InChI=1S/C17H22N2O3/c20-16(9-5-10-17(21)22)18-11-4-3-6-13-12-19-15-8-2-1-7-14(13)15/h1-2,7-8,12,19H,3-6,9-11H2,(H,18,20)(H,21,22). The van der Waals surface area contributed by atoms with Crippen molar-refractivity contribution in [1.82, 2.24) is 10.3 Å². The number of carbonyl (C=O) groups is 2. The minimum atomic E-state index is -0.855. The Hall–Kier alpha value is -2.30. The van der Waals surface area contributed by atoms with Gasteiger partial charge in [0.15, 0.2) is 0 Å². The molecule has 2 rings (SSSR count). The van der Waals surface area contributed by atoms with E-state index in [1.807, 2.05) is 12.1 Å². The van der Waals surface area contributed by atoms with Crippen LogP contribution in [0.3, 0.4) is 0 Å². The first-order valence-electron chi connectivity index (χ1n) is 7.70. The number of aromatic amines is 1. The lowest BCUT2D eigenvalue weighted by Crippen LogP contribution is -2.24. The van der Waals surface area contributed by atoms with Crippen LogP contribution in [0.1, 0.15) is 37.7 Å². The Morgan fingerprint density at radius 2 is 1.91 bits per heavy atom. The lowest BCUT2D eigenvalue weighted by molar-refractivity contribution is -0.137. The van der Waals surface area contributed by atoms with Crippen LogP contribution >= 0.6 is 0 Å². The van der Waals surface area contributed by atoms with Crippen LogP contribution in [0.15, 0.2) is 30.5 Å². The second-order valence-corrected chi connectivity index (χ2v) is 5.41. The highest BCUT2D eigenvalue weighted by Crippen LogP contribution is 2.19. The van der Waals surface area contributed by atoms with Gasteiger partial charge in [-0.15, -0.1) is 0 Å². The molecule has 0 fully saturated rings. The summed E-state index contributed by atoms with van der Waals surface area (Å²) in [6.45, 7) is 0.647. The van der Waals surface area contributed by atoms with Crippen LogP contribution < -0.4 is 5.32 Å². The van der Waals surface area contributed by atoms with Crippen molar-refractivity contribution in [2.45, 2.75) is 38.5 Å². The zero-order chi connectivity index (χ0) is 15.8. The fourth-order valence-corrected chi connectivity index (χ4v) is 2.50. The molecular weight excluding hydrogens is 280 g/mol. The van der Waals surface area contributed by atoms with Gasteiger partial charge in [0.1, 0.15) is 0 Å². The summed E-state index contributed by atoms with van der Waals surface area (Å²) in [4.78, 5) is 25.1. The Morgan fingerprint density at radius 1 is 1.09 bits per heavy atom. The number of amides is 1. The number of carbonyl (C=O) groups excluding carboxylic acids is 1. The number of hydrogen-bond donors (Lipinski definition) is 3. The van der Waals surface area contributed by atoms with Gasteiger partial charge in [-0.3, -0.25) is 9.59 Å². The first-order chi connectivity index (χ1) is 10.7. The summed E-state index contributed by atoms with van der Waals surface area (Å²) in [5.74, 6) is -0.917. The number of para-hydroxylation sites is 1. The van der Waals surface area contributed by atoms with E-state index in [1.54, 1.807) is 0 Å². The van der Waals surface area contributed by atoms with Crippen molar-refractivity contribution >= 4 is 22.8 Å². The molecule has 5 heteroatoms. The molecule has 2 aromatic rings. The number of H-pyrrole nitrogens is 1. The van der Waals surface area contributed by atoms with Crippen molar-refractivity contribution in [1.29, 1.82) is 0 Å². The number of fused-ring (bicyclic) bond motifs is 1. The highest BCUT2D eigenvalue weighted by atomic mass is 16.4. The maximum atomic E-state index is 11.5. The highest BCUT2D eigenvalue weighted by molar-refractivity contribution is 5.83. The number of unbranched alkanes of at least 4 members (excludes halogenated alkanes) is 1. The largest absolute Gasteiger partial charge is 0.481 e. The molecule has 3 N–H and O–H groups in total. The lowest BCUT2D eigenvalue weighted by Gasteiger charge is -2.04. The van der Waals surface area contributed by atoms with E-state index in [1.165, 1.54) is 10.9 Å². The predicted octanol–water partition coefficient (Wildman–Crippen LogP) is 2.86. The third-order valence-corrected chi connectivity index (χ3v) is 3.66. The summed E-state index contributed by atoms with van der Waals surface area (Å²) in [5.41, 5.74) is 2.47. The zero-order valence-corrected chi connectivity index (χ0v) is 12.6. The van der Waals surface area contributed by atoms with E-state index in [0.29, 0.717) is 13.0 Å². The van der Waals surface area contributed by atoms with Crippen LogP contribution in [-0.4, -0.2) is 28.5 Å². The Kier molecular flexibility index (Phi) is 6.01. The third-order valence-electron chi connectivity index (χ3n) is 3.66. The Balaban J connectivity index is 1.61. The van der Waals surface area contributed by atoms with Crippen molar-refractivity contribution in [2.75, 3.05) is 6.54 Å². The second kappa shape index (κ2) is 8.22. The van der Waals surface area contributed by atoms with Crippen LogP contribution in [0.25, 0.3) is 10.9 Å². The maximum absolute atomic E-state index is 11.5. The molecule has 0 aliphatic rings. The maximum Gasteiger partial charge on any atom is 0.303 e. The zero-order valence-electron chi connectivity index (χ0n) is 12.6. The van der Waals surface area contributed by atoms with Crippen molar-refractivity contribution in [3.05, 3.63) is 36.0 Å². The fraction of sp³-hybridized carbons (Fsp3) is 0.412. The number of aryl methyl sites for hydroxylation is 1. The molecule has 0 saturated heterocycles. The minimum Gasteiger partial charge on any atom is -0.481 e. The van der Waals surface area contributed by atoms with E-state index >= 15 is 0 Å². The van der Waals surface area contributed by atoms with E-state index in [-0.39, 0.29) is 18.7 Å². The first-order valence-corrected chi connectivity index (χ1v) is 7.70. The van der Waals surface area contributed by atoms with Crippen LogP contribution in [0.4, 0.5) is 0 Å². The van der Waals surface area contributed by atoms with Crippen molar-refractivity contribution in [2.24, 2.45) is 0 Å². The number of carboxylic acid groups (broad SMARTS) is 1. The van der Waals surface area contributed by atoms with Gasteiger partial charge in [0.2, 0.25) is 5.91 Å². The normalized spacial score (nSPS) is 10.7. The molecule has 0 aliphatic heterocycles. The summed E-state index contributed by atoms with van der Waals surface area (Å²) < 4.78 is 0. The average molecular weight is 302 g/mol. The molecule has 0 spiro atoms. The third kappa shape index (κ3) is 4.91. The van der Waals surface area contributed by atoms with Gasteiger partial charge in [0, 0.05) is 36.5 Å². The van der Waals surface area contributed by atoms with Gasteiger partial charge >= 0.3 is 5.97 Å². The number of nitrogens with one attached hydrogen (secondary N) is 2. The first kappa shape index (κ1) is 16.1. The van der Waals surface area contributed by atoms with E-state index in [4.69, 9.17) is 5.11 Å². The molecule has 22 heavy (non-hydrogen) atoms. The lowest BCUT2D eigenvalue weighted by atomic mass is 10.1. The average Bonchev–Trinajstić information content (AvgIpc) is 2.90. The monoisotopic (exact) mass is 302 g/mol. The van der Waals surface area contributed by atoms with E-state index in [2.05, 4.69) is 28.6 Å². The van der Waals surface area contributed by atoms with Crippen molar-refractivity contribution < 1.29 is 14.7 Å². The molecule has 1 amide bonds. The van der Waals surface area contributed by atoms with Crippen LogP contribution in [0.2, 0.25) is 0 Å². The van der Waals surface area contributed by atoms with Gasteiger partial charge in [-0.25, -0.2) is 0 Å². The molecule has 0 atom stereocenters. The Morgan fingerprint density at radius 3 is 2.73 bits per heavy atom. The summed E-state index contributed by atoms with van der Waals surface area (Å²) in [5, 5.41) is 12.6. The number of hydrogen-bond acceptors (Lipinski definition) is 2. The molecule has 0 unspecified atom stereocenters. The Labute approximate surface area is 129 Å². The molecule has 0 saturated carbocycles. The number of benzene rings is 1. The van der Waals surface area contributed by atoms with Crippen LogP contribution in [0.5, 0.6) is 0 Å². The van der Waals surface area contributed by atoms with Gasteiger partial charge < -0.3 is 15.4 Å². The van der Waals surface area contributed by atoms with Gasteiger partial charge in [-0.2, -0.15) is 0 Å². The minimum absolute atomic E-state index is 0.0496. The van der Waals surface area contributed by atoms with Crippen molar-refractivity contribution in [3.63, 3.8) is 0 Å².